The highest BCUT2D eigenvalue weighted by molar-refractivity contribution is 7.99. The van der Waals surface area contributed by atoms with E-state index in [1.165, 1.54) is 10.5 Å². The Morgan fingerprint density at radius 3 is 2.72 bits per heavy atom. The third kappa shape index (κ3) is 4.00. The van der Waals surface area contributed by atoms with Crippen LogP contribution in [0.1, 0.15) is 5.56 Å². The van der Waals surface area contributed by atoms with E-state index in [0.29, 0.717) is 6.61 Å². The van der Waals surface area contributed by atoms with E-state index in [2.05, 4.69) is 19.1 Å². The van der Waals surface area contributed by atoms with Gasteiger partial charge in [-0.05, 0) is 42.8 Å². The van der Waals surface area contributed by atoms with Crippen molar-refractivity contribution in [3.63, 3.8) is 0 Å². The standard InChI is InChI=1S/C15H17NOS/c1-12-4-2-6-14(10-12)17-8-9-18-15-7-3-5-13(16)11-15/h2-7,10-11H,8-9,16H2,1H3. The molecule has 0 atom stereocenters. The molecule has 0 aliphatic heterocycles. The third-order valence-corrected chi connectivity index (χ3v) is 3.43. The highest BCUT2D eigenvalue weighted by atomic mass is 32.2. The largest absolute Gasteiger partial charge is 0.493 e. The minimum Gasteiger partial charge on any atom is -0.493 e. The summed E-state index contributed by atoms with van der Waals surface area (Å²) in [5.41, 5.74) is 7.75. The molecule has 18 heavy (non-hydrogen) atoms. The fourth-order valence-corrected chi connectivity index (χ4v) is 2.43. The number of nitrogen functional groups attached to an aromatic ring is 1. The van der Waals surface area contributed by atoms with Crippen molar-refractivity contribution in [1.82, 2.24) is 0 Å². The molecule has 0 saturated carbocycles. The molecular formula is C15H17NOS. The summed E-state index contributed by atoms with van der Waals surface area (Å²) >= 11 is 1.75. The first-order chi connectivity index (χ1) is 8.74. The first kappa shape index (κ1) is 12.8. The van der Waals surface area contributed by atoms with Gasteiger partial charge in [0.05, 0.1) is 6.61 Å². The highest BCUT2D eigenvalue weighted by Crippen LogP contribution is 2.20. The SMILES string of the molecule is Cc1cccc(OCCSc2cccc(N)c2)c1. The number of benzene rings is 2. The lowest BCUT2D eigenvalue weighted by atomic mass is 10.2. The number of nitrogens with two attached hydrogens (primary N) is 1. The van der Waals surface area contributed by atoms with Gasteiger partial charge >= 0.3 is 0 Å². The Morgan fingerprint density at radius 2 is 1.94 bits per heavy atom. The van der Waals surface area contributed by atoms with E-state index in [0.717, 1.165) is 17.2 Å². The van der Waals surface area contributed by atoms with E-state index in [4.69, 9.17) is 10.5 Å². The van der Waals surface area contributed by atoms with Crippen molar-refractivity contribution in [1.29, 1.82) is 0 Å². The maximum Gasteiger partial charge on any atom is 0.119 e. The molecule has 2 aromatic rings. The zero-order valence-electron chi connectivity index (χ0n) is 10.4. The Labute approximate surface area is 112 Å². The Bertz CT molecular complexity index is 466. The van der Waals surface area contributed by atoms with Crippen LogP contribution < -0.4 is 10.5 Å². The van der Waals surface area contributed by atoms with Gasteiger partial charge in [0.25, 0.3) is 0 Å². The van der Waals surface area contributed by atoms with Gasteiger partial charge in [0.15, 0.2) is 0 Å². The molecule has 0 heterocycles. The fourth-order valence-electron chi connectivity index (χ4n) is 1.63. The molecule has 0 aromatic heterocycles. The van der Waals surface area contributed by atoms with E-state index < -0.39 is 0 Å². The van der Waals surface area contributed by atoms with Crippen molar-refractivity contribution < 1.29 is 4.74 Å². The molecule has 0 bridgehead atoms. The predicted octanol–water partition coefficient (Wildman–Crippen LogP) is 3.75. The molecule has 3 heteroatoms. The summed E-state index contributed by atoms with van der Waals surface area (Å²) < 4.78 is 5.69. The molecule has 0 fully saturated rings. The van der Waals surface area contributed by atoms with Crippen molar-refractivity contribution in [2.45, 2.75) is 11.8 Å². The summed E-state index contributed by atoms with van der Waals surface area (Å²) in [6.45, 7) is 2.76. The van der Waals surface area contributed by atoms with E-state index in [1.54, 1.807) is 11.8 Å². The van der Waals surface area contributed by atoms with Crippen molar-refractivity contribution in [2.24, 2.45) is 0 Å². The zero-order chi connectivity index (χ0) is 12.8. The lowest BCUT2D eigenvalue weighted by molar-refractivity contribution is 0.344. The van der Waals surface area contributed by atoms with E-state index in [-0.39, 0.29) is 0 Å². The molecule has 0 saturated heterocycles. The summed E-state index contributed by atoms with van der Waals surface area (Å²) in [7, 11) is 0. The second kappa shape index (κ2) is 6.36. The van der Waals surface area contributed by atoms with Crippen molar-refractivity contribution in [3.05, 3.63) is 54.1 Å². The normalized spacial score (nSPS) is 10.3. The summed E-state index contributed by atoms with van der Waals surface area (Å²) in [4.78, 5) is 1.18. The minimum atomic E-state index is 0.697. The molecule has 0 unspecified atom stereocenters. The highest BCUT2D eigenvalue weighted by Gasteiger charge is 1.97. The average molecular weight is 259 g/mol. The van der Waals surface area contributed by atoms with Crippen LogP contribution in [0.4, 0.5) is 5.69 Å². The molecule has 0 spiro atoms. The van der Waals surface area contributed by atoms with Crippen molar-refractivity contribution in [2.75, 3.05) is 18.1 Å². The van der Waals surface area contributed by atoms with Crippen LogP contribution in [0.25, 0.3) is 0 Å². The summed E-state index contributed by atoms with van der Waals surface area (Å²) in [5, 5.41) is 0. The lowest BCUT2D eigenvalue weighted by Crippen LogP contribution is -2.00. The lowest BCUT2D eigenvalue weighted by Gasteiger charge is -2.07. The average Bonchev–Trinajstić information content (AvgIpc) is 2.35. The monoisotopic (exact) mass is 259 g/mol. The number of ether oxygens (including phenoxy) is 1. The van der Waals surface area contributed by atoms with Crippen LogP contribution in [0.15, 0.2) is 53.4 Å². The fraction of sp³-hybridized carbons (Fsp3) is 0.200. The molecular weight excluding hydrogens is 242 g/mol. The molecule has 0 aliphatic rings. The van der Waals surface area contributed by atoms with Crippen LogP contribution in [0, 0.1) is 6.92 Å². The maximum absolute atomic E-state index is 5.73. The first-order valence-corrected chi connectivity index (χ1v) is 6.90. The molecule has 0 amide bonds. The number of anilines is 1. The molecule has 0 radical (unpaired) electrons. The topological polar surface area (TPSA) is 35.2 Å². The quantitative estimate of drug-likeness (QED) is 0.504. The zero-order valence-corrected chi connectivity index (χ0v) is 11.2. The van der Waals surface area contributed by atoms with Gasteiger partial charge < -0.3 is 10.5 Å². The minimum absolute atomic E-state index is 0.697. The van der Waals surface area contributed by atoms with Crippen LogP contribution in [-0.2, 0) is 0 Å². The summed E-state index contributed by atoms with van der Waals surface area (Å²) in [6.07, 6.45) is 0. The first-order valence-electron chi connectivity index (χ1n) is 5.92. The van der Waals surface area contributed by atoms with E-state index in [9.17, 15) is 0 Å². The van der Waals surface area contributed by atoms with Crippen LogP contribution in [0.2, 0.25) is 0 Å². The molecule has 2 aromatic carbocycles. The Kier molecular flexibility index (Phi) is 4.53. The number of aryl methyl sites for hydroxylation is 1. The molecule has 2 rings (SSSR count). The van der Waals surface area contributed by atoms with Gasteiger partial charge in [-0.15, -0.1) is 11.8 Å². The van der Waals surface area contributed by atoms with E-state index >= 15 is 0 Å². The third-order valence-electron chi connectivity index (χ3n) is 2.47. The maximum atomic E-state index is 5.73. The smallest absolute Gasteiger partial charge is 0.119 e. The Morgan fingerprint density at radius 1 is 1.11 bits per heavy atom. The number of hydrogen-bond acceptors (Lipinski definition) is 3. The Balaban J connectivity index is 1.76. The van der Waals surface area contributed by atoms with Crippen molar-refractivity contribution >= 4 is 17.4 Å². The van der Waals surface area contributed by atoms with Gasteiger partial charge in [0.2, 0.25) is 0 Å². The molecule has 0 aliphatic carbocycles. The second-order valence-corrected chi connectivity index (χ2v) is 5.25. The van der Waals surface area contributed by atoms with Crippen LogP contribution in [-0.4, -0.2) is 12.4 Å². The van der Waals surface area contributed by atoms with Gasteiger partial charge in [-0.25, -0.2) is 0 Å². The predicted molar refractivity (Wildman–Crippen MR) is 78.3 cm³/mol. The number of thioether (sulfide) groups is 1. The van der Waals surface area contributed by atoms with Crippen LogP contribution >= 0.6 is 11.8 Å². The number of rotatable bonds is 5. The van der Waals surface area contributed by atoms with Gasteiger partial charge in [0, 0.05) is 16.3 Å². The molecule has 2 N–H and O–H groups in total. The summed E-state index contributed by atoms with van der Waals surface area (Å²) in [6, 6.07) is 16.0. The van der Waals surface area contributed by atoms with Crippen LogP contribution in [0.5, 0.6) is 5.75 Å². The van der Waals surface area contributed by atoms with Gasteiger partial charge in [-0.3, -0.25) is 0 Å². The van der Waals surface area contributed by atoms with E-state index in [1.807, 2.05) is 36.4 Å². The van der Waals surface area contributed by atoms with Gasteiger partial charge in [-0.1, -0.05) is 18.2 Å². The van der Waals surface area contributed by atoms with Crippen molar-refractivity contribution in [3.8, 4) is 5.75 Å². The van der Waals surface area contributed by atoms with Crippen LogP contribution in [0.3, 0.4) is 0 Å². The summed E-state index contributed by atoms with van der Waals surface area (Å²) in [5.74, 6) is 1.85. The molecule has 2 nitrogen and oxygen atoms in total. The Hall–Kier alpha value is -1.61. The second-order valence-electron chi connectivity index (χ2n) is 4.09. The molecule has 94 valence electrons. The number of hydrogen-bond donors (Lipinski definition) is 1. The van der Waals surface area contributed by atoms with Gasteiger partial charge in [-0.2, -0.15) is 0 Å². The van der Waals surface area contributed by atoms with Gasteiger partial charge in [0.1, 0.15) is 5.75 Å².